The SMILES string of the molecule is COC(=O)C=C[C@H]1[C@@H](C(=O)O[C@H](c2cccc(Oc3ccccc3)c2)C(F)(F)F)C1(C)C. The zero-order chi connectivity index (χ0) is 23.5. The van der Waals surface area contributed by atoms with E-state index in [0.29, 0.717) is 5.75 Å². The van der Waals surface area contributed by atoms with Crippen molar-refractivity contribution in [3.63, 3.8) is 0 Å². The van der Waals surface area contributed by atoms with Crippen molar-refractivity contribution >= 4 is 11.9 Å². The molecule has 0 aromatic heterocycles. The Morgan fingerprint density at radius 3 is 2.31 bits per heavy atom. The van der Waals surface area contributed by atoms with Crippen LogP contribution in [0.3, 0.4) is 0 Å². The van der Waals surface area contributed by atoms with E-state index in [4.69, 9.17) is 9.47 Å². The van der Waals surface area contributed by atoms with E-state index >= 15 is 0 Å². The molecule has 0 bridgehead atoms. The summed E-state index contributed by atoms with van der Waals surface area (Å²) < 4.78 is 56.5. The maximum absolute atomic E-state index is 13.8. The van der Waals surface area contributed by atoms with Crippen molar-refractivity contribution in [1.82, 2.24) is 0 Å². The third-order valence-corrected chi connectivity index (χ3v) is 5.48. The molecule has 2 aromatic carbocycles. The van der Waals surface area contributed by atoms with Crippen LogP contribution in [0.15, 0.2) is 66.7 Å². The lowest BCUT2D eigenvalue weighted by Crippen LogP contribution is -2.27. The van der Waals surface area contributed by atoms with Crippen LogP contribution in [0, 0.1) is 17.3 Å². The highest BCUT2D eigenvalue weighted by atomic mass is 19.4. The molecule has 0 spiro atoms. The summed E-state index contributed by atoms with van der Waals surface area (Å²) in [5.41, 5.74) is -0.893. The first kappa shape index (κ1) is 23.4. The monoisotopic (exact) mass is 448 g/mol. The Labute approximate surface area is 183 Å². The van der Waals surface area contributed by atoms with Gasteiger partial charge >= 0.3 is 18.1 Å². The molecule has 3 rings (SSSR count). The second-order valence-corrected chi connectivity index (χ2v) is 8.05. The van der Waals surface area contributed by atoms with Gasteiger partial charge in [0.2, 0.25) is 6.10 Å². The maximum Gasteiger partial charge on any atom is 0.429 e. The van der Waals surface area contributed by atoms with Gasteiger partial charge in [-0.3, -0.25) is 4.79 Å². The highest BCUT2D eigenvalue weighted by Crippen LogP contribution is 2.60. The van der Waals surface area contributed by atoms with Crippen molar-refractivity contribution in [3.05, 3.63) is 72.3 Å². The van der Waals surface area contributed by atoms with Gasteiger partial charge < -0.3 is 14.2 Å². The number of esters is 2. The zero-order valence-electron chi connectivity index (χ0n) is 17.8. The second kappa shape index (κ2) is 9.06. The normalized spacial score (nSPS) is 20.4. The molecule has 1 saturated carbocycles. The average molecular weight is 448 g/mol. The molecule has 170 valence electrons. The second-order valence-electron chi connectivity index (χ2n) is 8.05. The van der Waals surface area contributed by atoms with Crippen LogP contribution in [0.25, 0.3) is 0 Å². The minimum Gasteiger partial charge on any atom is -0.466 e. The van der Waals surface area contributed by atoms with Gasteiger partial charge in [-0.2, -0.15) is 13.2 Å². The van der Waals surface area contributed by atoms with Crippen LogP contribution in [0.1, 0.15) is 25.5 Å². The lowest BCUT2D eigenvalue weighted by atomic mass is 10.1. The van der Waals surface area contributed by atoms with Crippen molar-refractivity contribution in [3.8, 4) is 11.5 Å². The van der Waals surface area contributed by atoms with Crippen LogP contribution in [0.5, 0.6) is 11.5 Å². The summed E-state index contributed by atoms with van der Waals surface area (Å²) >= 11 is 0. The standard InChI is InChI=1S/C24H23F3O5/c1-23(2)18(12-13-19(28)30-3)20(23)22(29)32-21(24(25,26)27)15-8-7-11-17(14-15)31-16-9-5-4-6-10-16/h4-14,18,20-21H,1-3H3/t18-,20-,21+/m0/s1. The summed E-state index contributed by atoms with van der Waals surface area (Å²) in [5, 5.41) is 0. The molecule has 32 heavy (non-hydrogen) atoms. The summed E-state index contributed by atoms with van der Waals surface area (Å²) in [5.74, 6) is -2.18. The molecule has 0 N–H and O–H groups in total. The first-order valence-corrected chi connectivity index (χ1v) is 9.90. The fourth-order valence-electron chi connectivity index (χ4n) is 3.62. The molecule has 1 aliphatic carbocycles. The van der Waals surface area contributed by atoms with Crippen molar-refractivity contribution in [2.45, 2.75) is 26.1 Å². The van der Waals surface area contributed by atoms with E-state index in [9.17, 15) is 22.8 Å². The first-order chi connectivity index (χ1) is 15.0. The number of allylic oxidation sites excluding steroid dienone is 1. The molecule has 0 saturated heterocycles. The van der Waals surface area contributed by atoms with E-state index in [1.165, 1.54) is 37.5 Å². The smallest absolute Gasteiger partial charge is 0.429 e. The van der Waals surface area contributed by atoms with Crippen molar-refractivity contribution in [2.75, 3.05) is 7.11 Å². The van der Waals surface area contributed by atoms with Gasteiger partial charge in [0.1, 0.15) is 11.5 Å². The Kier molecular flexibility index (Phi) is 6.62. The van der Waals surface area contributed by atoms with Gasteiger partial charge in [-0.15, -0.1) is 0 Å². The molecular weight excluding hydrogens is 425 g/mol. The Morgan fingerprint density at radius 1 is 1.03 bits per heavy atom. The fourth-order valence-corrected chi connectivity index (χ4v) is 3.62. The molecule has 0 radical (unpaired) electrons. The Hall–Kier alpha value is -3.29. The number of methoxy groups -OCH3 is 1. The Morgan fingerprint density at radius 2 is 1.69 bits per heavy atom. The van der Waals surface area contributed by atoms with Crippen molar-refractivity contribution in [1.29, 1.82) is 0 Å². The van der Waals surface area contributed by atoms with Crippen LogP contribution in [-0.4, -0.2) is 25.2 Å². The molecule has 0 aliphatic heterocycles. The summed E-state index contributed by atoms with van der Waals surface area (Å²) in [6.45, 7) is 3.45. The Balaban J connectivity index is 1.78. The van der Waals surface area contributed by atoms with Gasteiger partial charge in [-0.25, -0.2) is 4.79 Å². The lowest BCUT2D eigenvalue weighted by Gasteiger charge is -2.22. The summed E-state index contributed by atoms with van der Waals surface area (Å²) in [6.07, 6.45) is -4.65. The van der Waals surface area contributed by atoms with E-state index in [-0.39, 0.29) is 11.3 Å². The highest BCUT2D eigenvalue weighted by Gasteiger charge is 2.62. The molecular formula is C24H23F3O5. The minimum atomic E-state index is -4.82. The van der Waals surface area contributed by atoms with Crippen molar-refractivity contribution < 1.29 is 37.0 Å². The highest BCUT2D eigenvalue weighted by molar-refractivity contribution is 5.83. The number of rotatable bonds is 7. The van der Waals surface area contributed by atoms with Crippen molar-refractivity contribution in [2.24, 2.45) is 17.3 Å². The zero-order valence-corrected chi connectivity index (χ0v) is 17.8. The number of halogens is 3. The average Bonchev–Trinajstić information content (AvgIpc) is 3.30. The number of alkyl halides is 3. The maximum atomic E-state index is 13.8. The number of hydrogen-bond donors (Lipinski definition) is 0. The number of ether oxygens (including phenoxy) is 3. The molecule has 0 unspecified atom stereocenters. The van der Waals surface area contributed by atoms with Crippen LogP contribution < -0.4 is 4.74 Å². The van der Waals surface area contributed by atoms with Gasteiger partial charge in [0.25, 0.3) is 0 Å². The molecule has 2 aromatic rings. The largest absolute Gasteiger partial charge is 0.466 e. The molecule has 5 nitrogen and oxygen atoms in total. The topological polar surface area (TPSA) is 61.8 Å². The molecule has 8 heteroatoms. The van der Waals surface area contributed by atoms with Crippen LogP contribution in [-0.2, 0) is 19.1 Å². The molecule has 3 atom stereocenters. The molecule has 0 heterocycles. The van der Waals surface area contributed by atoms with E-state index in [1.807, 2.05) is 0 Å². The minimum absolute atomic E-state index is 0.185. The lowest BCUT2D eigenvalue weighted by molar-refractivity contribution is -0.225. The third-order valence-electron chi connectivity index (χ3n) is 5.48. The van der Waals surface area contributed by atoms with Gasteiger partial charge in [0.15, 0.2) is 0 Å². The number of carbonyl (C=O) groups excluding carboxylic acids is 2. The number of carbonyl (C=O) groups is 2. The predicted octanol–water partition coefficient (Wildman–Crippen LogP) is 5.63. The van der Waals surface area contributed by atoms with Gasteiger partial charge in [0.05, 0.1) is 13.0 Å². The quantitative estimate of drug-likeness (QED) is 0.406. The number of para-hydroxylation sites is 1. The number of benzene rings is 2. The summed E-state index contributed by atoms with van der Waals surface area (Å²) in [7, 11) is 1.21. The van der Waals surface area contributed by atoms with E-state index in [2.05, 4.69) is 4.74 Å². The van der Waals surface area contributed by atoms with Gasteiger partial charge in [-0.05, 0) is 35.6 Å². The first-order valence-electron chi connectivity index (χ1n) is 9.90. The number of hydrogen-bond acceptors (Lipinski definition) is 5. The molecule has 1 fully saturated rings. The third kappa shape index (κ3) is 5.30. The Bertz CT molecular complexity index is 998. The van der Waals surface area contributed by atoms with Crippen LogP contribution in [0.4, 0.5) is 13.2 Å². The molecule has 0 amide bonds. The van der Waals surface area contributed by atoms with Crippen LogP contribution in [0.2, 0.25) is 0 Å². The fraction of sp³-hybridized carbons (Fsp3) is 0.333. The molecule has 1 aliphatic rings. The summed E-state index contributed by atoms with van der Waals surface area (Å²) in [4.78, 5) is 24.0. The van der Waals surface area contributed by atoms with E-state index < -0.39 is 41.5 Å². The van der Waals surface area contributed by atoms with Gasteiger partial charge in [-0.1, -0.05) is 50.3 Å². The van der Waals surface area contributed by atoms with E-state index in [0.717, 1.165) is 6.08 Å². The summed E-state index contributed by atoms with van der Waals surface area (Å²) in [6, 6.07) is 14.0. The predicted molar refractivity (Wildman–Crippen MR) is 110 cm³/mol. The van der Waals surface area contributed by atoms with Gasteiger partial charge in [0, 0.05) is 11.6 Å². The van der Waals surface area contributed by atoms with Crippen LogP contribution >= 0.6 is 0 Å². The van der Waals surface area contributed by atoms with E-state index in [1.54, 1.807) is 44.2 Å².